The Morgan fingerprint density at radius 3 is 2.27 bits per heavy atom. The van der Waals surface area contributed by atoms with E-state index in [0.717, 1.165) is 11.1 Å². The van der Waals surface area contributed by atoms with Gasteiger partial charge in [-0.3, -0.25) is 4.79 Å². The normalized spacial score (nSPS) is 11.7. The number of hydrogen-bond donors (Lipinski definition) is 2. The van der Waals surface area contributed by atoms with E-state index in [9.17, 15) is 4.79 Å². The van der Waals surface area contributed by atoms with Crippen LogP contribution in [-0.2, 0) is 11.2 Å². The first-order valence-corrected chi connectivity index (χ1v) is 7.34. The first kappa shape index (κ1) is 16.3. The molecule has 4 N–H and O–H groups in total. The highest BCUT2D eigenvalue weighted by atomic mass is 35.5. The predicted molar refractivity (Wildman–Crippen MR) is 90.2 cm³/mol. The van der Waals surface area contributed by atoms with E-state index in [4.69, 9.17) is 34.7 Å². The number of nitrogens with two attached hydrogens (primary N) is 2. The molecule has 0 aliphatic rings. The predicted octanol–water partition coefficient (Wildman–Crippen LogP) is 3.12. The number of hydrogen-bond acceptors (Lipinski definition) is 1. The van der Waals surface area contributed by atoms with Crippen molar-refractivity contribution in [3.63, 3.8) is 0 Å². The lowest BCUT2D eigenvalue weighted by Crippen LogP contribution is -2.26. The van der Waals surface area contributed by atoms with Crippen molar-refractivity contribution in [3.8, 4) is 0 Å². The maximum atomic E-state index is 12.3. The molecule has 0 spiro atoms. The highest BCUT2D eigenvalue weighted by Crippen LogP contribution is 2.26. The smallest absolute Gasteiger partial charge is 0.256 e. The number of nitrogens with zero attached hydrogens (tertiary/aromatic N) is 1. The summed E-state index contributed by atoms with van der Waals surface area (Å²) < 4.78 is 0. The summed E-state index contributed by atoms with van der Waals surface area (Å²) in [6.07, 6.45) is 0.427. The van der Waals surface area contributed by atoms with E-state index in [1.54, 1.807) is 24.3 Å². The van der Waals surface area contributed by atoms with E-state index in [2.05, 4.69) is 4.99 Å². The Kier molecular flexibility index (Phi) is 5.41. The van der Waals surface area contributed by atoms with Gasteiger partial charge in [0.15, 0.2) is 5.96 Å². The van der Waals surface area contributed by atoms with Crippen molar-refractivity contribution in [2.75, 3.05) is 0 Å². The van der Waals surface area contributed by atoms with Crippen LogP contribution in [0.5, 0.6) is 0 Å². The van der Waals surface area contributed by atoms with Crippen LogP contribution in [0.25, 0.3) is 0 Å². The van der Waals surface area contributed by atoms with Crippen molar-refractivity contribution in [1.82, 2.24) is 0 Å². The maximum Gasteiger partial charge on any atom is 0.256 e. The van der Waals surface area contributed by atoms with Gasteiger partial charge in [0.05, 0.1) is 5.92 Å². The molecule has 0 unspecified atom stereocenters. The summed E-state index contributed by atoms with van der Waals surface area (Å²) in [7, 11) is 0. The first-order valence-electron chi connectivity index (χ1n) is 6.59. The minimum atomic E-state index is -0.528. The third-order valence-electron chi connectivity index (χ3n) is 3.12. The van der Waals surface area contributed by atoms with E-state index >= 15 is 0 Å². The number of rotatable bonds is 4. The summed E-state index contributed by atoms with van der Waals surface area (Å²) in [6.45, 7) is 0. The molecule has 0 bridgehead atoms. The number of guanidine groups is 1. The van der Waals surface area contributed by atoms with Crippen LogP contribution in [0.4, 0.5) is 0 Å². The molecule has 2 rings (SSSR count). The summed E-state index contributed by atoms with van der Waals surface area (Å²) in [5.74, 6) is -1.20. The molecule has 22 heavy (non-hydrogen) atoms. The molecule has 1 amide bonds. The standard InChI is InChI=1S/C16H15Cl2N3O/c17-12-5-1-3-10(7-12)8-14(15(22)21-16(19)20)11-4-2-6-13(18)9-11/h1-7,9,14H,8H2,(H4,19,20,21,22)/t14-/m1/s1. The van der Waals surface area contributed by atoms with Crippen molar-refractivity contribution in [3.05, 3.63) is 69.7 Å². The molecule has 0 fully saturated rings. The zero-order chi connectivity index (χ0) is 16.1. The molecule has 114 valence electrons. The number of benzene rings is 2. The Hall–Kier alpha value is -2.04. The highest BCUT2D eigenvalue weighted by Gasteiger charge is 2.21. The third-order valence-corrected chi connectivity index (χ3v) is 3.59. The molecule has 0 aliphatic heterocycles. The quantitative estimate of drug-likeness (QED) is 0.665. The SMILES string of the molecule is NC(N)=NC(=O)[C@H](Cc1cccc(Cl)c1)c1cccc(Cl)c1. The van der Waals surface area contributed by atoms with E-state index in [1.165, 1.54) is 0 Å². The molecule has 0 heterocycles. The van der Waals surface area contributed by atoms with Gasteiger partial charge < -0.3 is 11.5 Å². The second-order valence-corrected chi connectivity index (χ2v) is 5.69. The van der Waals surface area contributed by atoms with Crippen LogP contribution in [-0.4, -0.2) is 11.9 Å². The van der Waals surface area contributed by atoms with Crippen LogP contribution < -0.4 is 11.5 Å². The largest absolute Gasteiger partial charge is 0.370 e. The fourth-order valence-corrected chi connectivity index (χ4v) is 2.59. The van der Waals surface area contributed by atoms with Crippen LogP contribution >= 0.6 is 23.2 Å². The van der Waals surface area contributed by atoms with Gasteiger partial charge in [-0.15, -0.1) is 0 Å². The lowest BCUT2D eigenvalue weighted by Gasteiger charge is -2.15. The Balaban J connectivity index is 2.37. The van der Waals surface area contributed by atoms with Crippen LogP contribution in [0, 0.1) is 0 Å². The van der Waals surface area contributed by atoms with Crippen molar-refractivity contribution in [2.24, 2.45) is 16.5 Å². The molecule has 6 heteroatoms. The Labute approximate surface area is 138 Å². The van der Waals surface area contributed by atoms with Gasteiger partial charge in [-0.1, -0.05) is 47.5 Å². The molecule has 2 aromatic carbocycles. The average Bonchev–Trinajstić information content (AvgIpc) is 2.44. The van der Waals surface area contributed by atoms with E-state index in [1.807, 2.05) is 24.3 Å². The van der Waals surface area contributed by atoms with Crippen molar-refractivity contribution >= 4 is 35.1 Å². The van der Waals surface area contributed by atoms with Crippen LogP contribution in [0.15, 0.2) is 53.5 Å². The van der Waals surface area contributed by atoms with Gasteiger partial charge in [-0.25, -0.2) is 0 Å². The van der Waals surface area contributed by atoms with Gasteiger partial charge >= 0.3 is 0 Å². The van der Waals surface area contributed by atoms with Crippen LogP contribution in [0.1, 0.15) is 17.0 Å². The van der Waals surface area contributed by atoms with Crippen molar-refractivity contribution < 1.29 is 4.79 Å². The van der Waals surface area contributed by atoms with Gasteiger partial charge in [0.25, 0.3) is 5.91 Å². The molecule has 0 radical (unpaired) electrons. The third kappa shape index (κ3) is 4.48. The van der Waals surface area contributed by atoms with Gasteiger partial charge in [-0.2, -0.15) is 4.99 Å². The maximum absolute atomic E-state index is 12.3. The second kappa shape index (κ2) is 7.29. The fraction of sp³-hybridized carbons (Fsp3) is 0.125. The van der Waals surface area contributed by atoms with Gasteiger partial charge in [0.2, 0.25) is 0 Å². The minimum absolute atomic E-state index is 0.261. The van der Waals surface area contributed by atoms with Crippen molar-refractivity contribution in [2.45, 2.75) is 12.3 Å². The van der Waals surface area contributed by atoms with E-state index in [-0.39, 0.29) is 5.96 Å². The lowest BCUT2D eigenvalue weighted by atomic mass is 9.91. The molecule has 0 saturated carbocycles. The van der Waals surface area contributed by atoms with Crippen LogP contribution in [0.3, 0.4) is 0 Å². The van der Waals surface area contributed by atoms with E-state index in [0.29, 0.717) is 16.5 Å². The highest BCUT2D eigenvalue weighted by molar-refractivity contribution is 6.31. The first-order chi connectivity index (χ1) is 10.5. The molecule has 1 atom stereocenters. The second-order valence-electron chi connectivity index (χ2n) is 4.82. The molecule has 4 nitrogen and oxygen atoms in total. The fourth-order valence-electron chi connectivity index (χ4n) is 2.18. The number of halogens is 2. The average molecular weight is 336 g/mol. The summed E-state index contributed by atoms with van der Waals surface area (Å²) >= 11 is 12.0. The van der Waals surface area contributed by atoms with Gasteiger partial charge in [-0.05, 0) is 41.8 Å². The Bertz CT molecular complexity index is 712. The summed E-state index contributed by atoms with van der Waals surface area (Å²) in [5, 5.41) is 1.16. The van der Waals surface area contributed by atoms with Gasteiger partial charge in [0, 0.05) is 10.0 Å². The number of amides is 1. The molecule has 0 aromatic heterocycles. The summed E-state index contributed by atoms with van der Waals surface area (Å²) in [5.41, 5.74) is 12.3. The van der Waals surface area contributed by atoms with Gasteiger partial charge in [0.1, 0.15) is 0 Å². The van der Waals surface area contributed by atoms with E-state index < -0.39 is 11.8 Å². The van der Waals surface area contributed by atoms with Crippen LogP contribution in [0.2, 0.25) is 10.0 Å². The van der Waals surface area contributed by atoms with Crippen molar-refractivity contribution in [1.29, 1.82) is 0 Å². The molecule has 2 aromatic rings. The molecular weight excluding hydrogens is 321 g/mol. The molecular formula is C16H15Cl2N3O. The Morgan fingerprint density at radius 2 is 1.68 bits per heavy atom. The summed E-state index contributed by atoms with van der Waals surface area (Å²) in [4.78, 5) is 16.0. The molecule has 0 aliphatic carbocycles. The monoisotopic (exact) mass is 335 g/mol. The lowest BCUT2D eigenvalue weighted by molar-refractivity contribution is -0.119. The minimum Gasteiger partial charge on any atom is -0.370 e. The number of aliphatic imine (C=N–C) groups is 1. The topological polar surface area (TPSA) is 81.5 Å². The number of carbonyl (C=O) groups excluding carboxylic acids is 1. The zero-order valence-corrected chi connectivity index (χ0v) is 13.2. The summed E-state index contributed by atoms with van der Waals surface area (Å²) in [6, 6.07) is 14.4. The Morgan fingerprint density at radius 1 is 1.05 bits per heavy atom. The number of carbonyl (C=O) groups is 1. The molecule has 0 saturated heterocycles. The zero-order valence-electron chi connectivity index (χ0n) is 11.7.